The average molecular weight is 466 g/mol. The number of halogens is 1. The maximum atomic E-state index is 12.8. The molecule has 170 valence electrons. The number of ether oxygens (including phenoxy) is 2. The molecule has 1 fully saturated rings. The van der Waals surface area contributed by atoms with Crippen LogP contribution >= 0.6 is 11.6 Å². The molecule has 2 N–H and O–H groups in total. The van der Waals surface area contributed by atoms with Gasteiger partial charge in [0.15, 0.2) is 0 Å². The fraction of sp³-hybridized carbons (Fsp3) is 0.292. The van der Waals surface area contributed by atoms with Gasteiger partial charge in [-0.2, -0.15) is 5.26 Å². The first-order valence-corrected chi connectivity index (χ1v) is 10.9. The zero-order chi connectivity index (χ0) is 23.4. The molecular formula is C24H24ClN5O3. The number of anilines is 3. The van der Waals surface area contributed by atoms with Crippen LogP contribution in [-0.2, 0) is 4.74 Å². The number of rotatable bonds is 5. The summed E-state index contributed by atoms with van der Waals surface area (Å²) in [4.78, 5) is 19.5. The predicted molar refractivity (Wildman–Crippen MR) is 129 cm³/mol. The summed E-state index contributed by atoms with van der Waals surface area (Å²) in [7, 11) is 3.53. The number of aromatic nitrogens is 1. The number of carbonyl (C=O) groups excluding carboxylic acids is 1. The maximum absolute atomic E-state index is 12.8. The third-order valence-corrected chi connectivity index (χ3v) is 6.01. The Kier molecular flexibility index (Phi) is 6.82. The predicted octanol–water partition coefficient (Wildman–Crippen LogP) is 5.03. The number of hydrogen-bond acceptors (Lipinski definition) is 6. The van der Waals surface area contributed by atoms with Crippen molar-refractivity contribution in [2.75, 3.05) is 42.9 Å². The Bertz CT molecular complexity index is 1220. The SMILES string of the molecule is COc1ccc(NC(=O)Nc2cnc3ccc(C#N)cc3c2N(C)C2CCOCC2)cc1Cl. The molecular weight excluding hydrogens is 442 g/mol. The van der Waals surface area contributed by atoms with Gasteiger partial charge in [-0.3, -0.25) is 4.98 Å². The van der Waals surface area contributed by atoms with Gasteiger partial charge < -0.3 is 25.0 Å². The quantitative estimate of drug-likeness (QED) is 0.548. The Balaban J connectivity index is 1.67. The molecule has 3 aromatic rings. The molecule has 1 saturated heterocycles. The number of nitrogens with zero attached hydrogens (tertiary/aromatic N) is 3. The van der Waals surface area contributed by atoms with Crippen molar-refractivity contribution in [1.29, 1.82) is 5.26 Å². The zero-order valence-electron chi connectivity index (χ0n) is 18.4. The van der Waals surface area contributed by atoms with E-state index in [0.717, 1.165) is 29.4 Å². The summed E-state index contributed by atoms with van der Waals surface area (Å²) in [6.07, 6.45) is 3.38. The first-order chi connectivity index (χ1) is 16.0. The largest absolute Gasteiger partial charge is 0.495 e. The fourth-order valence-electron chi connectivity index (χ4n) is 4.00. The highest BCUT2D eigenvalue weighted by Gasteiger charge is 2.24. The lowest BCUT2D eigenvalue weighted by Crippen LogP contribution is -2.37. The van der Waals surface area contributed by atoms with E-state index in [9.17, 15) is 10.1 Å². The minimum atomic E-state index is -0.435. The number of benzene rings is 2. The van der Waals surface area contributed by atoms with Crippen molar-refractivity contribution in [1.82, 2.24) is 4.98 Å². The zero-order valence-corrected chi connectivity index (χ0v) is 19.1. The molecule has 4 rings (SSSR count). The lowest BCUT2D eigenvalue weighted by Gasteiger charge is -2.34. The molecule has 0 atom stereocenters. The van der Waals surface area contributed by atoms with Crippen molar-refractivity contribution >= 4 is 45.6 Å². The van der Waals surface area contributed by atoms with Crippen LogP contribution in [0.5, 0.6) is 5.75 Å². The number of nitrogens with one attached hydrogen (secondary N) is 2. The van der Waals surface area contributed by atoms with Crippen molar-refractivity contribution < 1.29 is 14.3 Å². The molecule has 0 aliphatic carbocycles. The Morgan fingerprint density at radius 2 is 2.03 bits per heavy atom. The molecule has 1 aliphatic rings. The summed E-state index contributed by atoms with van der Waals surface area (Å²) < 4.78 is 10.7. The van der Waals surface area contributed by atoms with Crippen LogP contribution in [-0.4, -0.2) is 44.4 Å². The van der Waals surface area contributed by atoms with Gasteiger partial charge in [0.2, 0.25) is 0 Å². The second-order valence-corrected chi connectivity index (χ2v) is 8.15. The Hall–Kier alpha value is -3.54. The number of nitriles is 1. The Morgan fingerprint density at radius 1 is 1.24 bits per heavy atom. The van der Waals surface area contributed by atoms with E-state index in [1.165, 1.54) is 7.11 Å². The number of methoxy groups -OCH3 is 1. The van der Waals surface area contributed by atoms with Crippen LogP contribution in [0.4, 0.5) is 21.9 Å². The second kappa shape index (κ2) is 9.94. The molecule has 1 aromatic heterocycles. The molecule has 8 nitrogen and oxygen atoms in total. The van der Waals surface area contributed by atoms with Gasteiger partial charge in [0, 0.05) is 37.4 Å². The molecule has 2 aromatic carbocycles. The molecule has 9 heteroatoms. The molecule has 0 unspecified atom stereocenters. The molecule has 0 bridgehead atoms. The van der Waals surface area contributed by atoms with E-state index < -0.39 is 6.03 Å². The third-order valence-electron chi connectivity index (χ3n) is 5.72. The highest BCUT2D eigenvalue weighted by Crippen LogP contribution is 2.36. The van der Waals surface area contributed by atoms with E-state index in [1.807, 2.05) is 13.1 Å². The van der Waals surface area contributed by atoms with Crippen molar-refractivity contribution in [3.8, 4) is 11.8 Å². The van der Waals surface area contributed by atoms with E-state index >= 15 is 0 Å². The third kappa shape index (κ3) is 4.95. The van der Waals surface area contributed by atoms with Crippen molar-refractivity contribution in [3.63, 3.8) is 0 Å². The van der Waals surface area contributed by atoms with Gasteiger partial charge >= 0.3 is 6.03 Å². The van der Waals surface area contributed by atoms with Gasteiger partial charge in [0.1, 0.15) is 5.75 Å². The molecule has 2 heterocycles. The minimum Gasteiger partial charge on any atom is -0.495 e. The van der Waals surface area contributed by atoms with Crippen LogP contribution in [0.1, 0.15) is 18.4 Å². The number of hydrogen-bond donors (Lipinski definition) is 2. The van der Waals surface area contributed by atoms with E-state index in [4.69, 9.17) is 21.1 Å². The number of urea groups is 1. The summed E-state index contributed by atoms with van der Waals surface area (Å²) in [5, 5.41) is 16.3. The number of carbonyl (C=O) groups is 1. The molecule has 0 saturated carbocycles. The first-order valence-electron chi connectivity index (χ1n) is 10.5. The van der Waals surface area contributed by atoms with E-state index in [0.29, 0.717) is 40.9 Å². The van der Waals surface area contributed by atoms with Gasteiger partial charge in [0.05, 0.1) is 46.9 Å². The van der Waals surface area contributed by atoms with E-state index in [1.54, 1.807) is 36.5 Å². The van der Waals surface area contributed by atoms with Gasteiger partial charge in [0.25, 0.3) is 0 Å². The molecule has 2 amide bonds. The maximum Gasteiger partial charge on any atom is 0.323 e. The van der Waals surface area contributed by atoms with Crippen LogP contribution in [0.15, 0.2) is 42.6 Å². The van der Waals surface area contributed by atoms with E-state index in [-0.39, 0.29) is 6.04 Å². The summed E-state index contributed by atoms with van der Waals surface area (Å²) in [6, 6.07) is 12.4. The normalized spacial score (nSPS) is 13.9. The van der Waals surface area contributed by atoms with Crippen LogP contribution < -0.4 is 20.3 Å². The summed E-state index contributed by atoms with van der Waals surface area (Å²) in [5.74, 6) is 0.523. The van der Waals surface area contributed by atoms with Crippen LogP contribution in [0, 0.1) is 11.3 Å². The first kappa shape index (κ1) is 22.6. The van der Waals surface area contributed by atoms with Crippen LogP contribution in [0.25, 0.3) is 10.9 Å². The van der Waals surface area contributed by atoms with E-state index in [2.05, 4.69) is 26.6 Å². The van der Waals surface area contributed by atoms with Gasteiger partial charge in [-0.15, -0.1) is 0 Å². The lowest BCUT2D eigenvalue weighted by atomic mass is 10.0. The van der Waals surface area contributed by atoms with Crippen LogP contribution in [0.3, 0.4) is 0 Å². The van der Waals surface area contributed by atoms with Gasteiger partial charge in [-0.05, 0) is 49.2 Å². The molecule has 0 spiro atoms. The number of amides is 2. The summed E-state index contributed by atoms with van der Waals surface area (Å²) >= 11 is 6.17. The van der Waals surface area contributed by atoms with Crippen molar-refractivity contribution in [2.45, 2.75) is 18.9 Å². The molecule has 33 heavy (non-hydrogen) atoms. The standard InChI is InChI=1S/C24H24ClN5O3/c1-30(17-7-9-33-10-8-17)23-18-11-15(13-26)3-5-20(18)27-14-21(23)29-24(31)28-16-4-6-22(32-2)19(25)12-16/h3-6,11-12,14,17H,7-10H2,1-2H3,(H2,28,29,31). The number of pyridine rings is 1. The lowest BCUT2D eigenvalue weighted by molar-refractivity contribution is 0.0855. The average Bonchev–Trinajstić information content (AvgIpc) is 2.83. The Morgan fingerprint density at radius 3 is 2.73 bits per heavy atom. The summed E-state index contributed by atoms with van der Waals surface area (Å²) in [5.41, 5.74) is 3.16. The van der Waals surface area contributed by atoms with Crippen molar-refractivity contribution in [3.05, 3.63) is 53.2 Å². The smallest absolute Gasteiger partial charge is 0.323 e. The fourth-order valence-corrected chi connectivity index (χ4v) is 4.26. The monoisotopic (exact) mass is 465 g/mol. The molecule has 0 radical (unpaired) electrons. The van der Waals surface area contributed by atoms with Gasteiger partial charge in [-0.1, -0.05) is 11.6 Å². The summed E-state index contributed by atoms with van der Waals surface area (Å²) in [6.45, 7) is 1.37. The van der Waals surface area contributed by atoms with Crippen molar-refractivity contribution in [2.24, 2.45) is 0 Å². The highest BCUT2D eigenvalue weighted by atomic mass is 35.5. The Labute approximate surface area is 197 Å². The highest BCUT2D eigenvalue weighted by molar-refractivity contribution is 6.32. The molecule has 1 aliphatic heterocycles. The second-order valence-electron chi connectivity index (χ2n) is 7.75. The number of fused-ring (bicyclic) bond motifs is 1. The van der Waals surface area contributed by atoms with Gasteiger partial charge in [-0.25, -0.2) is 4.79 Å². The topological polar surface area (TPSA) is 99.5 Å². The minimum absolute atomic E-state index is 0.235. The van der Waals surface area contributed by atoms with Crippen LogP contribution in [0.2, 0.25) is 5.02 Å².